The second kappa shape index (κ2) is 9.43. The summed E-state index contributed by atoms with van der Waals surface area (Å²) in [6, 6.07) is 15.6. The number of carbonyl (C=O) groups is 1. The van der Waals surface area contributed by atoms with Crippen molar-refractivity contribution in [1.29, 1.82) is 0 Å². The van der Waals surface area contributed by atoms with E-state index in [1.54, 1.807) is 0 Å². The highest BCUT2D eigenvalue weighted by Gasteiger charge is 2.37. The number of carbonyl (C=O) groups excluding carboxylic acids is 1. The molecular formula is C23H27N5O2S. The van der Waals surface area contributed by atoms with Crippen LogP contribution in [0.1, 0.15) is 43.8 Å². The van der Waals surface area contributed by atoms with Crippen molar-refractivity contribution < 1.29 is 9.53 Å². The first-order chi connectivity index (χ1) is 15.1. The lowest BCUT2D eigenvalue weighted by atomic mass is 10.0. The summed E-state index contributed by atoms with van der Waals surface area (Å²) in [4.78, 5) is 13.3. The van der Waals surface area contributed by atoms with E-state index >= 15 is 0 Å². The molecule has 1 aliphatic heterocycles. The number of rotatable bonds is 7. The number of nitrogens with zero attached hydrogens (tertiary/aromatic N) is 3. The van der Waals surface area contributed by atoms with E-state index in [1.165, 1.54) is 17.3 Å². The van der Waals surface area contributed by atoms with Gasteiger partial charge < -0.3 is 15.5 Å². The van der Waals surface area contributed by atoms with E-state index in [2.05, 4.69) is 27.9 Å². The number of hydrogen-bond acceptors (Lipinski definition) is 6. The van der Waals surface area contributed by atoms with Gasteiger partial charge in [-0.3, -0.25) is 4.79 Å². The Kier molecular flexibility index (Phi) is 6.46. The van der Waals surface area contributed by atoms with E-state index in [0.29, 0.717) is 11.8 Å². The fourth-order valence-electron chi connectivity index (χ4n) is 3.55. The maximum Gasteiger partial charge on any atom is 0.240 e. The summed E-state index contributed by atoms with van der Waals surface area (Å²) in [6.45, 7) is 6.72. The second-order valence-corrected chi connectivity index (χ2v) is 8.38. The number of anilines is 1. The minimum atomic E-state index is -0.412. The quantitative estimate of drug-likeness (QED) is 0.577. The van der Waals surface area contributed by atoms with Crippen LogP contribution >= 0.6 is 11.8 Å². The number of hydrogen-bond donors (Lipinski definition) is 2. The Morgan fingerprint density at radius 1 is 1.06 bits per heavy atom. The van der Waals surface area contributed by atoms with Crippen LogP contribution in [-0.4, -0.2) is 32.6 Å². The number of benzene rings is 2. The summed E-state index contributed by atoms with van der Waals surface area (Å²) < 4.78 is 7.47. The van der Waals surface area contributed by atoms with Crippen molar-refractivity contribution >= 4 is 23.4 Å². The predicted molar refractivity (Wildman–Crippen MR) is 123 cm³/mol. The molecule has 3 aromatic rings. The largest absolute Gasteiger partial charge is 0.494 e. The standard InChI is InChI=1S/C23H27N5O2S/c1-4-15-7-11-17(12-8-15)24-22(29)21-20(16-9-13-18(14-10-16)30-6-3)27-28-19(5-2)25-26-23(28)31-21/h7-14,20-21,27H,4-6H2,1-3H3,(H,24,29)/t20-,21-/m0/s1. The zero-order chi connectivity index (χ0) is 21.8. The van der Waals surface area contributed by atoms with E-state index in [0.717, 1.165) is 35.7 Å². The smallest absolute Gasteiger partial charge is 0.240 e. The summed E-state index contributed by atoms with van der Waals surface area (Å²) in [6.07, 6.45) is 1.71. The number of amides is 1. The van der Waals surface area contributed by atoms with Gasteiger partial charge in [0.2, 0.25) is 11.1 Å². The zero-order valence-electron chi connectivity index (χ0n) is 18.0. The van der Waals surface area contributed by atoms with E-state index in [-0.39, 0.29) is 11.9 Å². The third-order valence-electron chi connectivity index (χ3n) is 5.26. The Bertz CT molecular complexity index is 1030. The van der Waals surface area contributed by atoms with Gasteiger partial charge in [0, 0.05) is 12.1 Å². The molecule has 1 aromatic heterocycles. The van der Waals surface area contributed by atoms with Crippen LogP contribution in [0.15, 0.2) is 53.7 Å². The number of ether oxygens (including phenoxy) is 1. The number of aromatic nitrogens is 3. The van der Waals surface area contributed by atoms with Gasteiger partial charge in [-0.05, 0) is 48.7 Å². The summed E-state index contributed by atoms with van der Waals surface area (Å²) >= 11 is 1.43. The monoisotopic (exact) mass is 437 g/mol. The first kappa shape index (κ1) is 21.2. The number of thioether (sulfide) groups is 1. The molecule has 4 rings (SSSR count). The van der Waals surface area contributed by atoms with Crippen LogP contribution in [0.25, 0.3) is 0 Å². The maximum absolute atomic E-state index is 13.3. The van der Waals surface area contributed by atoms with Crippen LogP contribution < -0.4 is 15.5 Å². The fourth-order valence-corrected chi connectivity index (χ4v) is 4.65. The van der Waals surface area contributed by atoms with Crippen molar-refractivity contribution in [2.75, 3.05) is 17.3 Å². The van der Waals surface area contributed by atoms with E-state index in [9.17, 15) is 4.79 Å². The van der Waals surface area contributed by atoms with Crippen molar-refractivity contribution in [1.82, 2.24) is 14.9 Å². The van der Waals surface area contributed by atoms with Gasteiger partial charge in [-0.25, -0.2) is 4.68 Å². The van der Waals surface area contributed by atoms with Gasteiger partial charge in [-0.15, -0.1) is 10.2 Å². The van der Waals surface area contributed by atoms with Crippen LogP contribution in [0.2, 0.25) is 0 Å². The molecule has 0 radical (unpaired) electrons. The van der Waals surface area contributed by atoms with Gasteiger partial charge in [0.25, 0.3) is 0 Å². The number of fused-ring (bicyclic) bond motifs is 1. The Morgan fingerprint density at radius 2 is 1.81 bits per heavy atom. The number of nitrogens with one attached hydrogen (secondary N) is 2. The summed E-state index contributed by atoms with van der Waals surface area (Å²) in [5.41, 5.74) is 6.49. The van der Waals surface area contributed by atoms with E-state index in [1.807, 2.05) is 67.1 Å². The Morgan fingerprint density at radius 3 is 2.45 bits per heavy atom. The molecule has 0 saturated heterocycles. The molecule has 0 unspecified atom stereocenters. The molecule has 0 bridgehead atoms. The summed E-state index contributed by atoms with van der Waals surface area (Å²) in [5.74, 6) is 1.58. The van der Waals surface area contributed by atoms with Crippen LogP contribution in [0, 0.1) is 0 Å². The van der Waals surface area contributed by atoms with Gasteiger partial charge >= 0.3 is 0 Å². The Balaban J connectivity index is 1.62. The van der Waals surface area contributed by atoms with E-state index in [4.69, 9.17) is 4.74 Å². The van der Waals surface area contributed by atoms with Gasteiger partial charge in [-0.2, -0.15) is 0 Å². The van der Waals surface area contributed by atoms with Gasteiger partial charge in [0.05, 0.1) is 12.6 Å². The van der Waals surface area contributed by atoms with E-state index < -0.39 is 5.25 Å². The lowest BCUT2D eigenvalue weighted by molar-refractivity contribution is -0.116. The lowest BCUT2D eigenvalue weighted by Gasteiger charge is -2.33. The van der Waals surface area contributed by atoms with Crippen molar-refractivity contribution in [2.45, 2.75) is 50.1 Å². The van der Waals surface area contributed by atoms with Crippen LogP contribution in [0.3, 0.4) is 0 Å². The average molecular weight is 438 g/mol. The van der Waals surface area contributed by atoms with Crippen LogP contribution in [-0.2, 0) is 17.6 Å². The normalized spacial score (nSPS) is 17.5. The zero-order valence-corrected chi connectivity index (χ0v) is 18.8. The minimum absolute atomic E-state index is 0.0760. The van der Waals surface area contributed by atoms with Gasteiger partial charge in [0.1, 0.15) is 11.0 Å². The van der Waals surface area contributed by atoms with Crippen molar-refractivity contribution in [3.05, 3.63) is 65.5 Å². The Hall–Kier alpha value is -3.00. The molecule has 2 N–H and O–H groups in total. The maximum atomic E-state index is 13.3. The van der Waals surface area contributed by atoms with Gasteiger partial charge in [0.15, 0.2) is 5.82 Å². The predicted octanol–water partition coefficient (Wildman–Crippen LogP) is 4.20. The van der Waals surface area contributed by atoms with Crippen molar-refractivity contribution in [3.8, 4) is 5.75 Å². The Labute approximate surface area is 186 Å². The van der Waals surface area contributed by atoms with Crippen molar-refractivity contribution in [3.63, 3.8) is 0 Å². The molecule has 0 saturated carbocycles. The molecule has 0 spiro atoms. The van der Waals surface area contributed by atoms with Crippen LogP contribution in [0.4, 0.5) is 5.69 Å². The molecule has 162 valence electrons. The third-order valence-corrected chi connectivity index (χ3v) is 6.47. The molecule has 31 heavy (non-hydrogen) atoms. The highest BCUT2D eigenvalue weighted by molar-refractivity contribution is 8.00. The molecule has 0 fully saturated rings. The van der Waals surface area contributed by atoms with Crippen molar-refractivity contribution in [2.24, 2.45) is 0 Å². The minimum Gasteiger partial charge on any atom is -0.494 e. The third kappa shape index (κ3) is 4.54. The highest BCUT2D eigenvalue weighted by Crippen LogP contribution is 2.38. The molecule has 8 heteroatoms. The number of aryl methyl sites for hydroxylation is 2. The SMILES string of the molecule is CCOc1ccc([C@@H]2Nn3c(CC)nnc3S[C@@H]2C(=O)Nc2ccc(CC)cc2)cc1. The van der Waals surface area contributed by atoms with Crippen LogP contribution in [0.5, 0.6) is 5.75 Å². The average Bonchev–Trinajstić information content (AvgIpc) is 3.21. The molecule has 2 heterocycles. The first-order valence-corrected chi connectivity index (χ1v) is 11.5. The summed E-state index contributed by atoms with van der Waals surface area (Å²) in [5, 5.41) is 11.9. The fraction of sp³-hybridized carbons (Fsp3) is 0.348. The molecule has 7 nitrogen and oxygen atoms in total. The summed E-state index contributed by atoms with van der Waals surface area (Å²) in [7, 11) is 0. The highest BCUT2D eigenvalue weighted by atomic mass is 32.2. The van der Waals surface area contributed by atoms with Gasteiger partial charge in [-0.1, -0.05) is 49.9 Å². The molecule has 1 amide bonds. The second-order valence-electron chi connectivity index (χ2n) is 7.27. The topological polar surface area (TPSA) is 81.1 Å². The molecule has 2 aromatic carbocycles. The molecule has 2 atom stereocenters. The first-order valence-electron chi connectivity index (χ1n) is 10.6. The lowest BCUT2D eigenvalue weighted by Crippen LogP contribution is -2.41. The molecule has 1 aliphatic rings. The molecule has 0 aliphatic carbocycles. The molecular weight excluding hydrogens is 410 g/mol.